The Morgan fingerprint density at radius 3 is 2.63 bits per heavy atom. The van der Waals surface area contributed by atoms with Crippen LogP contribution >= 0.6 is 0 Å². The van der Waals surface area contributed by atoms with E-state index in [1.54, 1.807) is 4.52 Å². The molecule has 154 valence electrons. The summed E-state index contributed by atoms with van der Waals surface area (Å²) in [5.74, 6) is 1.10. The molecular formula is C22H23FN6O. The third-order valence-corrected chi connectivity index (χ3v) is 5.48. The minimum atomic E-state index is -0.233. The van der Waals surface area contributed by atoms with Gasteiger partial charge in [0.2, 0.25) is 5.95 Å². The van der Waals surface area contributed by atoms with Crippen molar-refractivity contribution in [3.05, 3.63) is 65.7 Å². The van der Waals surface area contributed by atoms with Crippen LogP contribution in [0.2, 0.25) is 0 Å². The van der Waals surface area contributed by atoms with Gasteiger partial charge >= 0.3 is 0 Å². The van der Waals surface area contributed by atoms with Crippen LogP contribution in [0.1, 0.15) is 17.4 Å². The van der Waals surface area contributed by atoms with Crippen LogP contribution in [0.5, 0.6) is 0 Å². The van der Waals surface area contributed by atoms with Crippen LogP contribution in [-0.2, 0) is 4.74 Å². The highest BCUT2D eigenvalue weighted by Gasteiger charge is 2.23. The van der Waals surface area contributed by atoms with Crippen LogP contribution < -0.4 is 5.32 Å². The summed E-state index contributed by atoms with van der Waals surface area (Å²) in [7, 11) is 0. The second-order valence-corrected chi connectivity index (χ2v) is 7.44. The molecule has 0 bridgehead atoms. The first-order valence-corrected chi connectivity index (χ1v) is 10.1. The zero-order valence-electron chi connectivity index (χ0n) is 16.8. The molecule has 4 aromatic rings. The number of nitrogens with zero attached hydrogens (tertiary/aromatic N) is 5. The first kappa shape index (κ1) is 18.9. The number of hydrogen-bond acceptors (Lipinski definition) is 6. The van der Waals surface area contributed by atoms with E-state index in [1.807, 2.05) is 43.3 Å². The molecule has 1 unspecified atom stereocenters. The number of hydrogen-bond donors (Lipinski definition) is 1. The van der Waals surface area contributed by atoms with Gasteiger partial charge in [0.1, 0.15) is 11.6 Å². The predicted octanol–water partition coefficient (Wildman–Crippen LogP) is 3.21. The molecule has 8 heteroatoms. The van der Waals surface area contributed by atoms with Crippen LogP contribution in [0, 0.1) is 12.7 Å². The molecule has 2 aromatic carbocycles. The lowest BCUT2D eigenvalue weighted by Gasteiger charge is -2.35. The Kier molecular flexibility index (Phi) is 5.02. The van der Waals surface area contributed by atoms with Gasteiger partial charge in [-0.1, -0.05) is 24.3 Å². The number of aromatic nitrogens is 4. The van der Waals surface area contributed by atoms with Crippen LogP contribution in [0.4, 0.5) is 10.3 Å². The summed E-state index contributed by atoms with van der Waals surface area (Å²) in [4.78, 5) is 11.7. The van der Waals surface area contributed by atoms with E-state index in [9.17, 15) is 4.39 Å². The molecule has 1 aliphatic heterocycles. The zero-order chi connectivity index (χ0) is 20.5. The number of nitrogens with one attached hydrogen (secondary N) is 1. The molecule has 30 heavy (non-hydrogen) atoms. The SMILES string of the molecule is Cc1nc2c3ccccc3nc(NCC(c3ccc(F)cc3)N3CCOCC3)n2n1. The molecule has 1 saturated heterocycles. The van der Waals surface area contributed by atoms with Crippen LogP contribution in [0.15, 0.2) is 48.5 Å². The van der Waals surface area contributed by atoms with Gasteiger partial charge in [-0.2, -0.15) is 4.52 Å². The van der Waals surface area contributed by atoms with E-state index >= 15 is 0 Å². The molecule has 7 nitrogen and oxygen atoms in total. The summed E-state index contributed by atoms with van der Waals surface area (Å²) in [6.07, 6.45) is 0. The highest BCUT2D eigenvalue weighted by Crippen LogP contribution is 2.25. The smallest absolute Gasteiger partial charge is 0.226 e. The van der Waals surface area contributed by atoms with Crippen LogP contribution in [-0.4, -0.2) is 57.3 Å². The fourth-order valence-corrected chi connectivity index (χ4v) is 3.99. The number of fused-ring (bicyclic) bond motifs is 3. The van der Waals surface area contributed by atoms with Crippen molar-refractivity contribution in [3.8, 4) is 0 Å². The van der Waals surface area contributed by atoms with E-state index in [2.05, 4.69) is 20.3 Å². The average molecular weight is 406 g/mol. The lowest BCUT2D eigenvalue weighted by molar-refractivity contribution is 0.0186. The van der Waals surface area contributed by atoms with Crippen molar-refractivity contribution in [2.45, 2.75) is 13.0 Å². The normalized spacial score (nSPS) is 16.2. The minimum Gasteiger partial charge on any atom is -0.379 e. The highest BCUT2D eigenvalue weighted by atomic mass is 19.1. The van der Waals surface area contributed by atoms with E-state index in [0.717, 1.165) is 35.2 Å². The van der Waals surface area contributed by atoms with Crippen LogP contribution in [0.25, 0.3) is 16.6 Å². The number of rotatable bonds is 5. The Bertz CT molecular complexity index is 1170. The summed E-state index contributed by atoms with van der Waals surface area (Å²) >= 11 is 0. The quantitative estimate of drug-likeness (QED) is 0.549. The maximum atomic E-state index is 13.5. The maximum Gasteiger partial charge on any atom is 0.226 e. The summed E-state index contributed by atoms with van der Waals surface area (Å²) in [5.41, 5.74) is 2.70. The largest absolute Gasteiger partial charge is 0.379 e. The third-order valence-electron chi connectivity index (χ3n) is 5.48. The molecule has 1 N–H and O–H groups in total. The summed E-state index contributed by atoms with van der Waals surface area (Å²) in [6.45, 7) is 5.52. The molecule has 0 spiro atoms. The molecule has 1 aliphatic rings. The fraction of sp³-hybridized carbons (Fsp3) is 0.318. The van der Waals surface area contributed by atoms with Crippen molar-refractivity contribution < 1.29 is 9.13 Å². The van der Waals surface area contributed by atoms with E-state index in [4.69, 9.17) is 9.72 Å². The molecule has 0 aliphatic carbocycles. The molecule has 0 saturated carbocycles. The molecule has 1 fully saturated rings. The average Bonchev–Trinajstić information content (AvgIpc) is 3.18. The molecule has 3 heterocycles. The van der Waals surface area contributed by atoms with Gasteiger partial charge in [-0.25, -0.2) is 14.4 Å². The van der Waals surface area contributed by atoms with Gasteiger partial charge in [-0.05, 0) is 36.8 Å². The molecule has 5 rings (SSSR count). The van der Waals surface area contributed by atoms with Crippen molar-refractivity contribution in [1.29, 1.82) is 0 Å². The predicted molar refractivity (Wildman–Crippen MR) is 113 cm³/mol. The zero-order valence-corrected chi connectivity index (χ0v) is 16.8. The van der Waals surface area contributed by atoms with Crippen LogP contribution in [0.3, 0.4) is 0 Å². The number of halogens is 1. The van der Waals surface area contributed by atoms with E-state index in [1.165, 1.54) is 12.1 Å². The van der Waals surface area contributed by atoms with Gasteiger partial charge in [-0.3, -0.25) is 4.90 Å². The molecule has 0 amide bonds. The Morgan fingerprint density at radius 2 is 1.83 bits per heavy atom. The second-order valence-electron chi connectivity index (χ2n) is 7.44. The Hall–Kier alpha value is -3.10. The summed E-state index contributed by atoms with van der Waals surface area (Å²) in [6, 6.07) is 14.7. The van der Waals surface area contributed by atoms with Gasteiger partial charge < -0.3 is 10.1 Å². The van der Waals surface area contributed by atoms with Crippen molar-refractivity contribution in [1.82, 2.24) is 24.5 Å². The third kappa shape index (κ3) is 3.59. The number of benzene rings is 2. The standard InChI is InChI=1S/C22H23FN6O/c1-15-25-21-18-4-2-3-5-19(18)26-22(29(21)27-15)24-14-20(28-10-12-30-13-11-28)16-6-8-17(23)9-7-16/h2-9,20H,10-14H2,1H3,(H,24,26). The van der Waals surface area contributed by atoms with E-state index in [-0.39, 0.29) is 11.9 Å². The number of morpholine rings is 1. The Labute approximate surface area is 173 Å². The van der Waals surface area contributed by atoms with Crippen molar-refractivity contribution in [3.63, 3.8) is 0 Å². The lowest BCUT2D eigenvalue weighted by Crippen LogP contribution is -2.41. The number of ether oxygens (including phenoxy) is 1. The minimum absolute atomic E-state index is 0.0578. The Balaban J connectivity index is 1.49. The van der Waals surface area contributed by atoms with Gasteiger partial charge in [0.25, 0.3) is 0 Å². The first-order valence-electron chi connectivity index (χ1n) is 10.1. The van der Waals surface area contributed by atoms with E-state index in [0.29, 0.717) is 31.5 Å². The summed E-state index contributed by atoms with van der Waals surface area (Å²) in [5, 5.41) is 8.98. The van der Waals surface area contributed by atoms with Gasteiger partial charge in [0.15, 0.2) is 5.65 Å². The van der Waals surface area contributed by atoms with Gasteiger partial charge in [0.05, 0.1) is 24.8 Å². The molecular weight excluding hydrogens is 383 g/mol. The van der Waals surface area contributed by atoms with E-state index < -0.39 is 0 Å². The number of aryl methyl sites for hydroxylation is 1. The second kappa shape index (κ2) is 7.97. The van der Waals surface area contributed by atoms with Gasteiger partial charge in [0, 0.05) is 25.0 Å². The lowest BCUT2D eigenvalue weighted by atomic mass is 10.0. The maximum absolute atomic E-state index is 13.5. The highest BCUT2D eigenvalue weighted by molar-refractivity contribution is 5.92. The monoisotopic (exact) mass is 406 g/mol. The van der Waals surface area contributed by atoms with Crippen molar-refractivity contribution in [2.24, 2.45) is 0 Å². The van der Waals surface area contributed by atoms with Gasteiger partial charge in [-0.15, -0.1) is 5.10 Å². The molecule has 1 atom stereocenters. The van der Waals surface area contributed by atoms with Crippen molar-refractivity contribution >= 4 is 22.5 Å². The number of anilines is 1. The molecule has 0 radical (unpaired) electrons. The Morgan fingerprint density at radius 1 is 1.07 bits per heavy atom. The topological polar surface area (TPSA) is 67.6 Å². The fourth-order valence-electron chi connectivity index (χ4n) is 3.99. The number of para-hydroxylation sites is 1. The van der Waals surface area contributed by atoms with Crippen molar-refractivity contribution in [2.75, 3.05) is 38.2 Å². The summed E-state index contributed by atoms with van der Waals surface area (Å²) < 4.78 is 20.8. The molecule has 2 aromatic heterocycles. The first-order chi connectivity index (χ1) is 14.7.